The maximum atomic E-state index is 14.0. The van der Waals surface area contributed by atoms with Crippen molar-refractivity contribution >= 4 is 55.1 Å². The second-order valence-corrected chi connectivity index (χ2v) is 12.1. The Balaban J connectivity index is 2.10. The number of rotatable bonds is 11. The number of likely N-dealkylation sites (N-methyl/N-ethyl adjacent to an activating group) is 1. The minimum absolute atomic E-state index is 0.00163. The summed E-state index contributed by atoms with van der Waals surface area (Å²) in [7, 11) is -2.84. The van der Waals surface area contributed by atoms with Gasteiger partial charge in [-0.3, -0.25) is 13.9 Å². The van der Waals surface area contributed by atoms with Crippen molar-refractivity contribution in [3.05, 3.63) is 87.4 Å². The van der Waals surface area contributed by atoms with Crippen molar-refractivity contribution < 1.29 is 22.7 Å². The monoisotopic (exact) mass is 635 g/mol. The first kappa shape index (κ1) is 30.5. The van der Waals surface area contributed by atoms with Gasteiger partial charge in [-0.05, 0) is 68.8 Å². The molecule has 0 saturated heterocycles. The number of hydrogen-bond donors (Lipinski definition) is 1. The van der Waals surface area contributed by atoms with Crippen molar-refractivity contribution in [3.8, 4) is 5.75 Å². The molecule has 39 heavy (non-hydrogen) atoms. The Labute approximate surface area is 243 Å². The van der Waals surface area contributed by atoms with Gasteiger partial charge in [0.25, 0.3) is 10.0 Å². The molecule has 0 spiro atoms. The number of nitrogens with zero attached hydrogens (tertiary/aromatic N) is 2. The molecule has 208 valence electrons. The minimum Gasteiger partial charge on any atom is -0.495 e. The van der Waals surface area contributed by atoms with E-state index in [1.54, 1.807) is 32.0 Å². The SMILES string of the molecule is CCNC(=O)[C@H](C)N(Cc1cccc(Br)c1)C(=O)CN(c1cc(Cl)ccc1OC)S(=O)(=O)c1ccc(C)cc1. The fourth-order valence-electron chi connectivity index (χ4n) is 3.95. The van der Waals surface area contributed by atoms with Gasteiger partial charge < -0.3 is 15.0 Å². The molecule has 0 saturated carbocycles. The number of halogens is 2. The number of aryl methyl sites for hydroxylation is 1. The lowest BCUT2D eigenvalue weighted by Gasteiger charge is -2.32. The highest BCUT2D eigenvalue weighted by Gasteiger charge is 2.34. The van der Waals surface area contributed by atoms with E-state index >= 15 is 0 Å². The highest BCUT2D eigenvalue weighted by molar-refractivity contribution is 9.10. The Hall–Kier alpha value is -3.08. The zero-order valence-corrected chi connectivity index (χ0v) is 25.3. The van der Waals surface area contributed by atoms with Crippen LogP contribution in [0.2, 0.25) is 5.02 Å². The van der Waals surface area contributed by atoms with Crippen molar-refractivity contribution in [2.45, 2.75) is 38.3 Å². The van der Waals surface area contributed by atoms with Gasteiger partial charge in [-0.2, -0.15) is 0 Å². The van der Waals surface area contributed by atoms with Crippen molar-refractivity contribution in [2.75, 3.05) is 24.5 Å². The molecule has 3 aromatic carbocycles. The van der Waals surface area contributed by atoms with Crippen LogP contribution < -0.4 is 14.4 Å². The van der Waals surface area contributed by atoms with Gasteiger partial charge in [0.05, 0.1) is 17.7 Å². The predicted octanol–water partition coefficient (Wildman–Crippen LogP) is 5.17. The fraction of sp³-hybridized carbons (Fsp3) is 0.286. The van der Waals surface area contributed by atoms with E-state index in [0.717, 1.165) is 19.9 Å². The summed E-state index contributed by atoms with van der Waals surface area (Å²) in [5.41, 5.74) is 1.75. The molecule has 8 nitrogen and oxygen atoms in total. The van der Waals surface area contributed by atoms with E-state index < -0.39 is 28.5 Å². The number of nitrogens with one attached hydrogen (secondary N) is 1. The lowest BCUT2D eigenvalue weighted by Crippen LogP contribution is -2.51. The fourth-order valence-corrected chi connectivity index (χ4v) is 5.97. The largest absolute Gasteiger partial charge is 0.495 e. The maximum Gasteiger partial charge on any atom is 0.264 e. The van der Waals surface area contributed by atoms with Gasteiger partial charge in [0, 0.05) is 22.6 Å². The summed E-state index contributed by atoms with van der Waals surface area (Å²) >= 11 is 9.69. The first-order chi connectivity index (χ1) is 18.5. The number of sulfonamides is 1. The van der Waals surface area contributed by atoms with Crippen molar-refractivity contribution in [2.24, 2.45) is 0 Å². The van der Waals surface area contributed by atoms with Crippen LogP contribution in [0.5, 0.6) is 5.75 Å². The maximum absolute atomic E-state index is 14.0. The average molecular weight is 637 g/mol. The topological polar surface area (TPSA) is 96.0 Å². The van der Waals surface area contributed by atoms with Gasteiger partial charge in [0.2, 0.25) is 11.8 Å². The van der Waals surface area contributed by atoms with Gasteiger partial charge in [-0.1, -0.05) is 57.4 Å². The molecule has 2 amide bonds. The van der Waals surface area contributed by atoms with Gasteiger partial charge >= 0.3 is 0 Å². The molecule has 0 aliphatic carbocycles. The molecule has 1 atom stereocenters. The van der Waals surface area contributed by atoms with Crippen molar-refractivity contribution in [1.29, 1.82) is 0 Å². The van der Waals surface area contributed by atoms with E-state index in [0.29, 0.717) is 6.54 Å². The predicted molar refractivity (Wildman–Crippen MR) is 157 cm³/mol. The molecule has 0 aromatic heterocycles. The van der Waals surface area contributed by atoms with Crippen LogP contribution in [0.1, 0.15) is 25.0 Å². The molecule has 0 unspecified atom stereocenters. The van der Waals surface area contributed by atoms with Crippen molar-refractivity contribution in [3.63, 3.8) is 0 Å². The van der Waals surface area contributed by atoms with E-state index in [2.05, 4.69) is 21.2 Å². The highest BCUT2D eigenvalue weighted by atomic mass is 79.9. The number of ether oxygens (including phenoxy) is 1. The zero-order chi connectivity index (χ0) is 28.7. The van der Waals surface area contributed by atoms with Crippen LogP contribution in [0, 0.1) is 6.92 Å². The Morgan fingerprint density at radius 3 is 2.38 bits per heavy atom. The number of benzene rings is 3. The number of methoxy groups -OCH3 is 1. The standard InChI is InChI=1S/C28H31BrClN3O5S/c1-5-31-28(35)20(3)32(17-21-7-6-8-22(29)15-21)27(34)18-33(25-16-23(30)11-14-26(25)38-4)39(36,37)24-12-9-19(2)10-13-24/h6-16,20H,5,17-18H2,1-4H3,(H,31,35)/t20-/m0/s1. The Kier molecular flexibility index (Phi) is 10.4. The molecule has 3 rings (SSSR count). The average Bonchev–Trinajstić information content (AvgIpc) is 2.90. The quantitative estimate of drug-likeness (QED) is 0.314. The van der Waals surface area contributed by atoms with Crippen LogP contribution in [-0.2, 0) is 26.2 Å². The Bertz CT molecular complexity index is 1430. The molecule has 0 fully saturated rings. The summed E-state index contributed by atoms with van der Waals surface area (Å²) in [5.74, 6) is -0.709. The third-order valence-corrected chi connectivity index (χ3v) is 8.56. The van der Waals surface area contributed by atoms with Gasteiger partial charge in [0.15, 0.2) is 0 Å². The summed E-state index contributed by atoms with van der Waals surface area (Å²) in [6.45, 7) is 5.12. The van der Waals surface area contributed by atoms with Crippen LogP contribution in [0.15, 0.2) is 76.1 Å². The van der Waals surface area contributed by atoms with E-state index in [9.17, 15) is 18.0 Å². The van der Waals surface area contributed by atoms with Crippen LogP contribution >= 0.6 is 27.5 Å². The van der Waals surface area contributed by atoms with E-state index in [1.165, 1.54) is 36.3 Å². The molecule has 11 heteroatoms. The first-order valence-corrected chi connectivity index (χ1v) is 14.8. The molecular weight excluding hydrogens is 606 g/mol. The zero-order valence-electron chi connectivity index (χ0n) is 22.1. The number of amides is 2. The summed E-state index contributed by atoms with van der Waals surface area (Å²) in [6.07, 6.45) is 0. The molecule has 0 bridgehead atoms. The minimum atomic E-state index is -4.25. The number of carbonyl (C=O) groups excluding carboxylic acids is 2. The highest BCUT2D eigenvalue weighted by Crippen LogP contribution is 2.35. The normalized spacial score (nSPS) is 11.9. The summed E-state index contributed by atoms with van der Waals surface area (Å²) in [4.78, 5) is 28.1. The van der Waals surface area contributed by atoms with Crippen molar-refractivity contribution in [1.82, 2.24) is 10.2 Å². The summed E-state index contributed by atoms with van der Waals surface area (Å²) in [5, 5.41) is 3.01. The molecule has 0 aliphatic heterocycles. The van der Waals surface area contributed by atoms with Gasteiger partial charge in [0.1, 0.15) is 18.3 Å². The molecule has 0 radical (unpaired) electrons. The second-order valence-electron chi connectivity index (χ2n) is 8.86. The van der Waals surface area contributed by atoms with E-state index in [4.69, 9.17) is 16.3 Å². The van der Waals surface area contributed by atoms with Crippen LogP contribution in [-0.4, -0.2) is 51.4 Å². The molecule has 0 heterocycles. The van der Waals surface area contributed by atoms with Crippen LogP contribution in [0.25, 0.3) is 0 Å². The number of anilines is 1. The molecule has 0 aliphatic rings. The van der Waals surface area contributed by atoms with Gasteiger partial charge in [-0.15, -0.1) is 0 Å². The van der Waals surface area contributed by atoms with Crippen LogP contribution in [0.3, 0.4) is 0 Å². The third kappa shape index (κ3) is 7.52. The third-order valence-electron chi connectivity index (χ3n) is 6.06. The first-order valence-electron chi connectivity index (χ1n) is 12.2. The Morgan fingerprint density at radius 2 is 1.77 bits per heavy atom. The smallest absolute Gasteiger partial charge is 0.264 e. The number of hydrogen-bond acceptors (Lipinski definition) is 5. The van der Waals surface area contributed by atoms with E-state index in [1.807, 2.05) is 31.2 Å². The molecule has 1 N–H and O–H groups in total. The Morgan fingerprint density at radius 1 is 1.08 bits per heavy atom. The summed E-state index contributed by atoms with van der Waals surface area (Å²) < 4.78 is 35.2. The second kappa shape index (κ2) is 13.3. The molecule has 3 aromatic rings. The lowest BCUT2D eigenvalue weighted by molar-refractivity contribution is -0.139. The van der Waals surface area contributed by atoms with Gasteiger partial charge in [-0.25, -0.2) is 8.42 Å². The van der Waals surface area contributed by atoms with Crippen LogP contribution in [0.4, 0.5) is 5.69 Å². The van der Waals surface area contributed by atoms with E-state index in [-0.39, 0.29) is 33.8 Å². The summed E-state index contributed by atoms with van der Waals surface area (Å²) in [6, 6.07) is 17.3. The lowest BCUT2D eigenvalue weighted by atomic mass is 10.1. The molecular formula is C28H31BrClN3O5S. The number of carbonyl (C=O) groups is 2.